The van der Waals surface area contributed by atoms with Gasteiger partial charge in [-0.05, 0) is 36.6 Å². The average molecular weight is 354 g/mol. The van der Waals surface area contributed by atoms with Gasteiger partial charge in [-0.25, -0.2) is 0 Å². The highest BCUT2D eigenvalue weighted by Crippen LogP contribution is 2.24. The van der Waals surface area contributed by atoms with E-state index in [2.05, 4.69) is 4.40 Å². The Bertz CT molecular complexity index is 967. The average Bonchev–Trinajstić information content (AvgIpc) is 3.13. The standard InChI is InChI=1S/C14H14N2O3S3/c1-3-16-11-7-6-10(19-2)9-12(11)21-14(16)15-22(17,18)13-5-4-8-20-13/h4-9H,3H2,1-2H3/b15-14-. The molecule has 3 aromatic rings. The predicted molar refractivity (Wildman–Crippen MR) is 89.1 cm³/mol. The molecule has 0 aliphatic carbocycles. The molecule has 22 heavy (non-hydrogen) atoms. The number of benzene rings is 1. The van der Waals surface area contributed by atoms with Crippen molar-refractivity contribution in [3.8, 4) is 5.75 Å². The molecule has 0 N–H and O–H groups in total. The van der Waals surface area contributed by atoms with Gasteiger partial charge in [0.25, 0.3) is 10.0 Å². The van der Waals surface area contributed by atoms with Gasteiger partial charge in [0.15, 0.2) is 0 Å². The highest BCUT2D eigenvalue weighted by atomic mass is 32.2. The first kappa shape index (κ1) is 15.3. The second kappa shape index (κ2) is 5.86. The normalized spacial score (nSPS) is 12.9. The molecule has 5 nitrogen and oxygen atoms in total. The number of ether oxygens (including phenoxy) is 1. The summed E-state index contributed by atoms with van der Waals surface area (Å²) in [5.41, 5.74) is 0.952. The van der Waals surface area contributed by atoms with Crippen LogP contribution in [0.3, 0.4) is 0 Å². The largest absolute Gasteiger partial charge is 0.497 e. The van der Waals surface area contributed by atoms with Gasteiger partial charge in [-0.3, -0.25) is 0 Å². The summed E-state index contributed by atoms with van der Waals surface area (Å²) in [6.07, 6.45) is 0. The molecule has 8 heteroatoms. The monoisotopic (exact) mass is 354 g/mol. The molecule has 0 aliphatic heterocycles. The van der Waals surface area contributed by atoms with Crippen LogP contribution in [-0.4, -0.2) is 20.1 Å². The number of hydrogen-bond acceptors (Lipinski definition) is 5. The molecular weight excluding hydrogens is 340 g/mol. The van der Waals surface area contributed by atoms with Gasteiger partial charge in [0.05, 0.1) is 17.3 Å². The van der Waals surface area contributed by atoms with Crippen LogP contribution in [0.25, 0.3) is 10.2 Å². The lowest BCUT2D eigenvalue weighted by atomic mass is 10.3. The van der Waals surface area contributed by atoms with Crippen molar-refractivity contribution in [2.24, 2.45) is 4.40 Å². The van der Waals surface area contributed by atoms with Crippen molar-refractivity contribution in [1.82, 2.24) is 4.57 Å². The molecular formula is C14H14N2O3S3. The summed E-state index contributed by atoms with van der Waals surface area (Å²) in [5, 5.41) is 1.73. The van der Waals surface area contributed by atoms with Gasteiger partial charge >= 0.3 is 0 Å². The number of aromatic nitrogens is 1. The second-order valence-corrected chi connectivity index (χ2v) is 8.25. The zero-order valence-electron chi connectivity index (χ0n) is 12.0. The zero-order valence-corrected chi connectivity index (χ0v) is 14.5. The molecule has 0 radical (unpaired) electrons. The molecule has 0 saturated carbocycles. The van der Waals surface area contributed by atoms with Crippen LogP contribution in [0, 0.1) is 0 Å². The summed E-state index contributed by atoms with van der Waals surface area (Å²) < 4.78 is 37.0. The molecule has 0 aliphatic rings. The third-order valence-electron chi connectivity index (χ3n) is 3.15. The third-order valence-corrected chi connectivity index (χ3v) is 6.95. The Morgan fingerprint density at radius 1 is 1.32 bits per heavy atom. The number of hydrogen-bond donors (Lipinski definition) is 0. The molecule has 0 atom stereocenters. The summed E-state index contributed by atoms with van der Waals surface area (Å²) in [5.74, 6) is 0.740. The van der Waals surface area contributed by atoms with E-state index in [4.69, 9.17) is 4.74 Å². The molecule has 0 saturated heterocycles. The number of thiazole rings is 1. The Hall–Kier alpha value is -1.64. The topological polar surface area (TPSA) is 60.7 Å². The predicted octanol–water partition coefficient (Wildman–Crippen LogP) is 3.08. The van der Waals surface area contributed by atoms with E-state index in [1.165, 1.54) is 22.7 Å². The summed E-state index contributed by atoms with van der Waals surface area (Å²) >= 11 is 2.51. The van der Waals surface area contributed by atoms with Gasteiger partial charge < -0.3 is 9.30 Å². The molecule has 116 valence electrons. The lowest BCUT2D eigenvalue weighted by molar-refractivity contribution is 0.415. The van der Waals surface area contributed by atoms with Crippen LogP contribution in [0.15, 0.2) is 44.3 Å². The van der Waals surface area contributed by atoms with Crippen LogP contribution in [-0.2, 0) is 16.6 Å². The fourth-order valence-electron chi connectivity index (χ4n) is 2.11. The first-order valence-corrected chi connectivity index (χ1v) is 9.70. The van der Waals surface area contributed by atoms with E-state index < -0.39 is 10.0 Å². The molecule has 0 spiro atoms. The van der Waals surface area contributed by atoms with E-state index in [0.29, 0.717) is 11.3 Å². The molecule has 0 amide bonds. The lowest BCUT2D eigenvalue weighted by Crippen LogP contribution is -2.15. The van der Waals surface area contributed by atoms with Crippen LogP contribution in [0.1, 0.15) is 6.92 Å². The quantitative estimate of drug-likeness (QED) is 0.723. The van der Waals surface area contributed by atoms with Crippen molar-refractivity contribution in [3.63, 3.8) is 0 Å². The van der Waals surface area contributed by atoms with E-state index in [9.17, 15) is 8.42 Å². The second-order valence-electron chi connectivity index (χ2n) is 4.46. The van der Waals surface area contributed by atoms with E-state index >= 15 is 0 Å². The van der Waals surface area contributed by atoms with E-state index in [0.717, 1.165) is 16.0 Å². The highest BCUT2D eigenvalue weighted by molar-refractivity contribution is 7.92. The number of sulfonamides is 1. The minimum Gasteiger partial charge on any atom is -0.497 e. The van der Waals surface area contributed by atoms with E-state index in [1.54, 1.807) is 24.6 Å². The van der Waals surface area contributed by atoms with Crippen molar-refractivity contribution in [2.45, 2.75) is 17.7 Å². The van der Waals surface area contributed by atoms with Crippen molar-refractivity contribution in [2.75, 3.05) is 7.11 Å². The summed E-state index contributed by atoms with van der Waals surface area (Å²) in [7, 11) is -2.06. The summed E-state index contributed by atoms with van der Waals surface area (Å²) in [6, 6.07) is 8.94. The third kappa shape index (κ3) is 2.69. The molecule has 0 fully saturated rings. The van der Waals surface area contributed by atoms with Crippen molar-refractivity contribution >= 4 is 42.9 Å². The molecule has 0 unspecified atom stereocenters. The molecule has 2 heterocycles. The molecule has 1 aromatic carbocycles. The highest BCUT2D eigenvalue weighted by Gasteiger charge is 2.15. The van der Waals surface area contributed by atoms with Crippen LogP contribution >= 0.6 is 22.7 Å². The maximum Gasteiger partial charge on any atom is 0.294 e. The Morgan fingerprint density at radius 2 is 2.14 bits per heavy atom. The maximum atomic E-state index is 12.3. The van der Waals surface area contributed by atoms with Crippen LogP contribution in [0.2, 0.25) is 0 Å². The Morgan fingerprint density at radius 3 is 2.77 bits per heavy atom. The van der Waals surface area contributed by atoms with Gasteiger partial charge in [0, 0.05) is 6.54 Å². The summed E-state index contributed by atoms with van der Waals surface area (Å²) in [6.45, 7) is 2.61. The Labute approximate surface area is 136 Å². The summed E-state index contributed by atoms with van der Waals surface area (Å²) in [4.78, 5) is 0.471. The SMILES string of the molecule is CCn1/c(=N/S(=O)(=O)c2cccs2)sc2cc(OC)ccc21. The smallest absolute Gasteiger partial charge is 0.294 e. The fraction of sp³-hybridized carbons (Fsp3) is 0.214. The van der Waals surface area contributed by atoms with E-state index in [-0.39, 0.29) is 4.21 Å². The number of fused-ring (bicyclic) bond motifs is 1. The number of thiophene rings is 1. The van der Waals surface area contributed by atoms with Gasteiger partial charge in [-0.1, -0.05) is 17.4 Å². The zero-order chi connectivity index (χ0) is 15.7. The number of rotatable bonds is 4. The van der Waals surface area contributed by atoms with Crippen molar-refractivity contribution in [1.29, 1.82) is 0 Å². The Balaban J connectivity index is 2.24. The molecule has 3 rings (SSSR count). The van der Waals surface area contributed by atoms with Crippen LogP contribution in [0.4, 0.5) is 0 Å². The maximum absolute atomic E-state index is 12.3. The molecule has 0 bridgehead atoms. The minimum atomic E-state index is -3.66. The van der Waals surface area contributed by atoms with Crippen molar-refractivity contribution in [3.05, 3.63) is 40.5 Å². The molecule has 2 aromatic heterocycles. The van der Waals surface area contributed by atoms with Crippen LogP contribution in [0.5, 0.6) is 5.75 Å². The van der Waals surface area contributed by atoms with Gasteiger partial charge in [0.2, 0.25) is 4.80 Å². The van der Waals surface area contributed by atoms with Gasteiger partial charge in [-0.15, -0.1) is 15.7 Å². The minimum absolute atomic E-state index is 0.255. The number of nitrogens with zero attached hydrogens (tertiary/aromatic N) is 2. The fourth-order valence-corrected chi connectivity index (χ4v) is 5.41. The van der Waals surface area contributed by atoms with Gasteiger partial charge in [-0.2, -0.15) is 8.42 Å². The van der Waals surface area contributed by atoms with Crippen LogP contribution < -0.4 is 9.54 Å². The number of methoxy groups -OCH3 is 1. The Kier molecular flexibility index (Phi) is 4.07. The van der Waals surface area contributed by atoms with Crippen molar-refractivity contribution < 1.29 is 13.2 Å². The van der Waals surface area contributed by atoms with E-state index in [1.807, 2.05) is 29.7 Å². The lowest BCUT2D eigenvalue weighted by Gasteiger charge is -2.02. The number of aryl methyl sites for hydroxylation is 1. The first-order valence-electron chi connectivity index (χ1n) is 6.57. The first-order chi connectivity index (χ1) is 10.5. The van der Waals surface area contributed by atoms with Gasteiger partial charge in [0.1, 0.15) is 9.96 Å².